The van der Waals surface area contributed by atoms with Gasteiger partial charge in [0, 0.05) is 6.54 Å². The van der Waals surface area contributed by atoms with Crippen LogP contribution in [-0.2, 0) is 17.7 Å². The standard InChI is InChI=1S/C20H22N2O5/c1-24-18-6-3-13(9-19(18)25-2)7-15-11-26-20(23)22(15)10-14-4-5-17-16(8-14)21-12-27-17/h3-6,8-9,15,21H,7,10-12H2,1-2H3/t15-/m0/s1. The van der Waals surface area contributed by atoms with Crippen molar-refractivity contribution in [2.24, 2.45) is 0 Å². The van der Waals surface area contributed by atoms with Crippen molar-refractivity contribution >= 4 is 11.8 Å². The van der Waals surface area contributed by atoms with Gasteiger partial charge in [0.1, 0.15) is 12.4 Å². The maximum atomic E-state index is 12.3. The molecule has 0 aromatic heterocycles. The quantitative estimate of drug-likeness (QED) is 0.843. The fourth-order valence-electron chi connectivity index (χ4n) is 3.46. The molecule has 0 bridgehead atoms. The first-order valence-corrected chi connectivity index (χ1v) is 8.82. The molecule has 142 valence electrons. The molecule has 0 unspecified atom stereocenters. The third kappa shape index (κ3) is 3.45. The molecule has 0 spiro atoms. The molecule has 2 aliphatic rings. The summed E-state index contributed by atoms with van der Waals surface area (Å²) in [5, 5.41) is 3.17. The zero-order chi connectivity index (χ0) is 18.8. The highest BCUT2D eigenvalue weighted by Crippen LogP contribution is 2.32. The lowest BCUT2D eigenvalue weighted by atomic mass is 10.0. The number of hydrogen-bond donors (Lipinski definition) is 1. The zero-order valence-corrected chi connectivity index (χ0v) is 15.4. The van der Waals surface area contributed by atoms with Crippen LogP contribution in [0.4, 0.5) is 10.5 Å². The van der Waals surface area contributed by atoms with E-state index in [2.05, 4.69) is 5.32 Å². The van der Waals surface area contributed by atoms with Gasteiger partial charge in [-0.05, 0) is 41.8 Å². The van der Waals surface area contributed by atoms with E-state index in [0.717, 1.165) is 22.6 Å². The summed E-state index contributed by atoms with van der Waals surface area (Å²) in [7, 11) is 3.22. The number of amides is 1. The van der Waals surface area contributed by atoms with Crippen LogP contribution in [0.25, 0.3) is 0 Å². The predicted octanol–water partition coefficient (Wildman–Crippen LogP) is 3.03. The summed E-state index contributed by atoms with van der Waals surface area (Å²) >= 11 is 0. The van der Waals surface area contributed by atoms with Gasteiger partial charge in [-0.3, -0.25) is 4.90 Å². The topological polar surface area (TPSA) is 69.3 Å². The lowest BCUT2D eigenvalue weighted by Crippen LogP contribution is -2.34. The number of rotatable bonds is 6. The minimum Gasteiger partial charge on any atom is -0.493 e. The van der Waals surface area contributed by atoms with Gasteiger partial charge >= 0.3 is 6.09 Å². The largest absolute Gasteiger partial charge is 0.493 e. The van der Waals surface area contributed by atoms with Crippen molar-refractivity contribution < 1.29 is 23.7 Å². The Labute approximate surface area is 157 Å². The van der Waals surface area contributed by atoms with Crippen LogP contribution in [0, 0.1) is 0 Å². The van der Waals surface area contributed by atoms with E-state index in [1.165, 1.54) is 0 Å². The van der Waals surface area contributed by atoms with Gasteiger partial charge in [0.05, 0.1) is 25.9 Å². The fraction of sp³-hybridized carbons (Fsp3) is 0.350. The van der Waals surface area contributed by atoms with E-state index in [9.17, 15) is 4.79 Å². The monoisotopic (exact) mass is 370 g/mol. The van der Waals surface area contributed by atoms with Crippen LogP contribution in [0.3, 0.4) is 0 Å². The Bertz CT molecular complexity index is 854. The van der Waals surface area contributed by atoms with E-state index in [0.29, 0.717) is 37.8 Å². The van der Waals surface area contributed by atoms with E-state index in [1.54, 1.807) is 19.1 Å². The highest BCUT2D eigenvalue weighted by molar-refractivity contribution is 5.70. The molecule has 1 saturated heterocycles. The number of nitrogens with zero attached hydrogens (tertiary/aromatic N) is 1. The lowest BCUT2D eigenvalue weighted by Gasteiger charge is -2.22. The molecule has 0 aliphatic carbocycles. The fourth-order valence-corrected chi connectivity index (χ4v) is 3.46. The van der Waals surface area contributed by atoms with Crippen molar-refractivity contribution in [3.8, 4) is 17.2 Å². The van der Waals surface area contributed by atoms with E-state index >= 15 is 0 Å². The summed E-state index contributed by atoms with van der Waals surface area (Å²) in [6, 6.07) is 11.7. The Balaban J connectivity index is 1.50. The second-order valence-electron chi connectivity index (χ2n) is 6.55. The molecular weight excluding hydrogens is 348 g/mol. The molecule has 27 heavy (non-hydrogen) atoms. The smallest absolute Gasteiger partial charge is 0.410 e. The first-order chi connectivity index (χ1) is 13.2. The molecule has 0 radical (unpaired) electrons. The Kier molecular flexibility index (Phi) is 4.66. The summed E-state index contributed by atoms with van der Waals surface area (Å²) in [6.07, 6.45) is 0.392. The molecule has 2 aromatic rings. The first kappa shape index (κ1) is 17.3. The van der Waals surface area contributed by atoms with E-state index in [4.69, 9.17) is 18.9 Å². The van der Waals surface area contributed by atoms with Crippen LogP contribution in [-0.4, -0.2) is 44.6 Å². The van der Waals surface area contributed by atoms with Crippen molar-refractivity contribution in [1.82, 2.24) is 4.90 Å². The van der Waals surface area contributed by atoms with Crippen molar-refractivity contribution in [2.45, 2.75) is 19.0 Å². The maximum Gasteiger partial charge on any atom is 0.410 e. The van der Waals surface area contributed by atoms with Crippen LogP contribution in [0.5, 0.6) is 17.2 Å². The van der Waals surface area contributed by atoms with Gasteiger partial charge in [0.15, 0.2) is 18.2 Å². The normalized spacial score (nSPS) is 17.8. The number of benzene rings is 2. The molecule has 2 aliphatic heterocycles. The van der Waals surface area contributed by atoms with Crippen LogP contribution in [0.2, 0.25) is 0 Å². The zero-order valence-electron chi connectivity index (χ0n) is 15.4. The number of anilines is 1. The van der Waals surface area contributed by atoms with E-state index in [-0.39, 0.29) is 12.1 Å². The Hall–Kier alpha value is -3.09. The summed E-state index contributed by atoms with van der Waals surface area (Å²) in [5.74, 6) is 2.20. The molecule has 2 aromatic carbocycles. The van der Waals surface area contributed by atoms with Gasteiger partial charge in [-0.2, -0.15) is 0 Å². The van der Waals surface area contributed by atoms with E-state index in [1.807, 2.05) is 36.4 Å². The summed E-state index contributed by atoms with van der Waals surface area (Å²) in [5.41, 5.74) is 3.05. The lowest BCUT2D eigenvalue weighted by molar-refractivity contribution is 0.156. The van der Waals surface area contributed by atoms with Crippen molar-refractivity contribution in [3.63, 3.8) is 0 Å². The summed E-state index contributed by atoms with van der Waals surface area (Å²) < 4.78 is 21.4. The summed E-state index contributed by atoms with van der Waals surface area (Å²) in [6.45, 7) is 1.34. The van der Waals surface area contributed by atoms with Gasteiger partial charge in [-0.1, -0.05) is 12.1 Å². The van der Waals surface area contributed by atoms with Crippen molar-refractivity contribution in [3.05, 3.63) is 47.5 Å². The number of methoxy groups -OCH3 is 2. The molecule has 1 fully saturated rings. The third-order valence-corrected chi connectivity index (χ3v) is 4.88. The Morgan fingerprint density at radius 2 is 1.89 bits per heavy atom. The highest BCUT2D eigenvalue weighted by atomic mass is 16.6. The van der Waals surface area contributed by atoms with E-state index < -0.39 is 0 Å². The minimum atomic E-state index is -0.287. The van der Waals surface area contributed by atoms with Gasteiger partial charge < -0.3 is 24.3 Å². The molecule has 4 rings (SSSR count). The van der Waals surface area contributed by atoms with Gasteiger partial charge in [0.2, 0.25) is 0 Å². The van der Waals surface area contributed by atoms with Crippen molar-refractivity contribution in [2.75, 3.05) is 32.9 Å². The van der Waals surface area contributed by atoms with Crippen molar-refractivity contribution in [1.29, 1.82) is 0 Å². The average molecular weight is 370 g/mol. The highest BCUT2D eigenvalue weighted by Gasteiger charge is 2.33. The van der Waals surface area contributed by atoms with Crippen LogP contribution >= 0.6 is 0 Å². The number of carbonyl (C=O) groups excluding carboxylic acids is 1. The average Bonchev–Trinajstić information content (AvgIpc) is 3.29. The van der Waals surface area contributed by atoms with Gasteiger partial charge in [-0.15, -0.1) is 0 Å². The predicted molar refractivity (Wildman–Crippen MR) is 99.5 cm³/mol. The van der Waals surface area contributed by atoms with Gasteiger partial charge in [-0.25, -0.2) is 4.79 Å². The number of cyclic esters (lactones) is 1. The molecule has 0 saturated carbocycles. The number of carbonyl (C=O) groups is 1. The summed E-state index contributed by atoms with van der Waals surface area (Å²) in [4.78, 5) is 14.0. The number of fused-ring (bicyclic) bond motifs is 1. The maximum absolute atomic E-state index is 12.3. The number of ether oxygens (including phenoxy) is 4. The molecule has 1 amide bonds. The second kappa shape index (κ2) is 7.26. The SMILES string of the molecule is COc1ccc(C[C@H]2COC(=O)N2Cc2ccc3c(c2)NCO3)cc1OC. The molecule has 2 heterocycles. The van der Waals surface area contributed by atoms with Crippen LogP contribution < -0.4 is 19.5 Å². The molecule has 1 N–H and O–H groups in total. The molecule has 7 heteroatoms. The van der Waals surface area contributed by atoms with Gasteiger partial charge in [0.25, 0.3) is 0 Å². The Morgan fingerprint density at radius 3 is 2.70 bits per heavy atom. The number of hydrogen-bond acceptors (Lipinski definition) is 6. The van der Waals surface area contributed by atoms with Crippen LogP contribution in [0.15, 0.2) is 36.4 Å². The second-order valence-corrected chi connectivity index (χ2v) is 6.55. The third-order valence-electron chi connectivity index (χ3n) is 4.88. The minimum absolute atomic E-state index is 0.0342. The molecule has 7 nitrogen and oxygen atoms in total. The number of nitrogens with one attached hydrogen (secondary N) is 1. The first-order valence-electron chi connectivity index (χ1n) is 8.82. The molecule has 1 atom stereocenters. The van der Waals surface area contributed by atoms with Crippen LogP contribution in [0.1, 0.15) is 11.1 Å². The molecular formula is C20H22N2O5. The Morgan fingerprint density at radius 1 is 1.07 bits per heavy atom.